The summed E-state index contributed by atoms with van der Waals surface area (Å²) in [7, 11) is 0. The Labute approximate surface area is 106 Å². The van der Waals surface area contributed by atoms with E-state index in [1.165, 1.54) is 4.90 Å². The van der Waals surface area contributed by atoms with Gasteiger partial charge in [-0.05, 0) is 24.6 Å². The zero-order valence-electron chi connectivity index (χ0n) is 10.3. The van der Waals surface area contributed by atoms with Crippen molar-refractivity contribution in [3.63, 3.8) is 0 Å². The lowest BCUT2D eigenvalue weighted by atomic mass is 10.2. The fraction of sp³-hybridized carbons (Fsp3) is 0.385. The normalized spacial score (nSPS) is 19.4. The topological polar surface area (TPSA) is 72.6 Å². The minimum absolute atomic E-state index is 0.107. The Morgan fingerprint density at radius 1 is 1.33 bits per heavy atom. The first-order valence-electron chi connectivity index (χ1n) is 5.93. The van der Waals surface area contributed by atoms with Crippen LogP contribution in [0.5, 0.6) is 5.75 Å². The highest BCUT2D eigenvalue weighted by Gasteiger charge is 2.35. The lowest BCUT2D eigenvalue weighted by Gasteiger charge is -2.14. The fourth-order valence-electron chi connectivity index (χ4n) is 1.92. The van der Waals surface area contributed by atoms with E-state index in [2.05, 4.69) is 0 Å². The smallest absolute Gasteiger partial charge is 0.246 e. The minimum Gasteiger partial charge on any atom is -0.494 e. The maximum absolute atomic E-state index is 11.6. The summed E-state index contributed by atoms with van der Waals surface area (Å²) in [4.78, 5) is 24.4. The van der Waals surface area contributed by atoms with E-state index in [0.29, 0.717) is 6.61 Å². The molecule has 18 heavy (non-hydrogen) atoms. The van der Waals surface area contributed by atoms with Gasteiger partial charge in [0.15, 0.2) is 0 Å². The molecule has 1 heterocycles. The number of ether oxygens (including phenoxy) is 1. The molecular formula is C13H16N2O3. The maximum atomic E-state index is 11.6. The van der Waals surface area contributed by atoms with Crippen molar-refractivity contribution in [3.05, 3.63) is 29.8 Å². The SMILES string of the molecule is CCOc1ccc(CN2C(=O)CC(N)C2=O)cc1. The number of likely N-dealkylation sites (tertiary alicyclic amines) is 1. The monoisotopic (exact) mass is 248 g/mol. The average molecular weight is 248 g/mol. The zero-order valence-corrected chi connectivity index (χ0v) is 10.3. The van der Waals surface area contributed by atoms with Crippen LogP contribution in [0.2, 0.25) is 0 Å². The predicted molar refractivity (Wildman–Crippen MR) is 65.8 cm³/mol. The van der Waals surface area contributed by atoms with Gasteiger partial charge in [-0.3, -0.25) is 14.5 Å². The molecule has 5 heteroatoms. The summed E-state index contributed by atoms with van der Waals surface area (Å²) >= 11 is 0. The van der Waals surface area contributed by atoms with Crippen LogP contribution in [-0.2, 0) is 16.1 Å². The van der Waals surface area contributed by atoms with Crippen molar-refractivity contribution in [2.75, 3.05) is 6.61 Å². The number of benzene rings is 1. The Bertz CT molecular complexity index is 456. The minimum atomic E-state index is -0.680. The van der Waals surface area contributed by atoms with Gasteiger partial charge in [-0.25, -0.2) is 0 Å². The Balaban J connectivity index is 2.05. The molecule has 0 bridgehead atoms. The second-order valence-electron chi connectivity index (χ2n) is 4.21. The van der Waals surface area contributed by atoms with E-state index in [1.54, 1.807) is 0 Å². The van der Waals surface area contributed by atoms with Gasteiger partial charge in [-0.1, -0.05) is 12.1 Å². The van der Waals surface area contributed by atoms with Crippen molar-refractivity contribution in [1.29, 1.82) is 0 Å². The van der Waals surface area contributed by atoms with Gasteiger partial charge in [-0.15, -0.1) is 0 Å². The summed E-state index contributed by atoms with van der Waals surface area (Å²) in [5, 5.41) is 0. The largest absolute Gasteiger partial charge is 0.494 e. The molecule has 1 unspecified atom stereocenters. The first-order valence-corrected chi connectivity index (χ1v) is 5.93. The summed E-state index contributed by atoms with van der Waals surface area (Å²) in [6.45, 7) is 2.80. The molecule has 0 aromatic heterocycles. The number of imide groups is 1. The number of nitrogens with two attached hydrogens (primary N) is 1. The molecule has 0 radical (unpaired) electrons. The van der Waals surface area contributed by atoms with E-state index in [1.807, 2.05) is 31.2 Å². The molecule has 5 nitrogen and oxygen atoms in total. The third-order valence-electron chi connectivity index (χ3n) is 2.85. The summed E-state index contributed by atoms with van der Waals surface area (Å²) in [6.07, 6.45) is 0.107. The Morgan fingerprint density at radius 3 is 2.50 bits per heavy atom. The molecule has 2 rings (SSSR count). The van der Waals surface area contributed by atoms with Crippen molar-refractivity contribution < 1.29 is 14.3 Å². The van der Waals surface area contributed by atoms with Gasteiger partial charge in [0.2, 0.25) is 11.8 Å². The van der Waals surface area contributed by atoms with E-state index < -0.39 is 6.04 Å². The first kappa shape index (κ1) is 12.6. The molecule has 1 aliphatic heterocycles. The number of hydrogen-bond acceptors (Lipinski definition) is 4. The summed E-state index contributed by atoms with van der Waals surface area (Å²) < 4.78 is 5.32. The third-order valence-corrected chi connectivity index (χ3v) is 2.85. The number of amides is 2. The molecule has 0 saturated carbocycles. The van der Waals surface area contributed by atoms with Gasteiger partial charge in [0.1, 0.15) is 5.75 Å². The summed E-state index contributed by atoms with van der Waals surface area (Å²) in [6, 6.07) is 6.65. The van der Waals surface area contributed by atoms with Gasteiger partial charge < -0.3 is 10.5 Å². The van der Waals surface area contributed by atoms with Gasteiger partial charge >= 0.3 is 0 Å². The van der Waals surface area contributed by atoms with Crippen molar-refractivity contribution in [1.82, 2.24) is 4.90 Å². The van der Waals surface area contributed by atoms with Crippen molar-refractivity contribution >= 4 is 11.8 Å². The molecule has 1 atom stereocenters. The highest BCUT2D eigenvalue weighted by Crippen LogP contribution is 2.17. The Kier molecular flexibility index (Phi) is 3.62. The number of carbonyl (C=O) groups excluding carboxylic acids is 2. The standard InChI is InChI=1S/C13H16N2O3/c1-2-18-10-5-3-9(4-6-10)8-15-12(16)7-11(14)13(15)17/h3-6,11H,2,7-8,14H2,1H3. The highest BCUT2D eigenvalue weighted by molar-refractivity contribution is 6.05. The zero-order chi connectivity index (χ0) is 13.1. The number of nitrogens with zero attached hydrogens (tertiary/aromatic N) is 1. The van der Waals surface area contributed by atoms with Crippen LogP contribution in [0, 0.1) is 0 Å². The lowest BCUT2D eigenvalue weighted by molar-refractivity contribution is -0.139. The van der Waals surface area contributed by atoms with Gasteiger partial charge in [0, 0.05) is 0 Å². The summed E-state index contributed by atoms with van der Waals surface area (Å²) in [5.41, 5.74) is 6.43. The van der Waals surface area contributed by atoms with Crippen LogP contribution in [0.1, 0.15) is 18.9 Å². The molecule has 0 spiro atoms. The second-order valence-corrected chi connectivity index (χ2v) is 4.21. The molecule has 1 aromatic rings. The molecular weight excluding hydrogens is 232 g/mol. The highest BCUT2D eigenvalue weighted by atomic mass is 16.5. The van der Waals surface area contributed by atoms with Crippen LogP contribution >= 0.6 is 0 Å². The molecule has 1 aliphatic rings. The lowest BCUT2D eigenvalue weighted by Crippen LogP contribution is -2.34. The van der Waals surface area contributed by atoms with E-state index in [0.717, 1.165) is 11.3 Å². The van der Waals surface area contributed by atoms with Crippen molar-refractivity contribution in [3.8, 4) is 5.75 Å². The molecule has 96 valence electrons. The third kappa shape index (κ3) is 2.51. The van der Waals surface area contributed by atoms with E-state index >= 15 is 0 Å². The molecule has 2 amide bonds. The predicted octanol–water partition coefficient (Wildman–Crippen LogP) is 0.671. The first-order chi connectivity index (χ1) is 8.61. The van der Waals surface area contributed by atoms with Gasteiger partial charge in [-0.2, -0.15) is 0 Å². The summed E-state index contributed by atoms with van der Waals surface area (Å²) in [5.74, 6) is 0.271. The Morgan fingerprint density at radius 2 is 2.00 bits per heavy atom. The number of rotatable bonds is 4. The molecule has 0 aliphatic carbocycles. The second kappa shape index (κ2) is 5.18. The van der Waals surface area contributed by atoms with Gasteiger partial charge in [0.25, 0.3) is 0 Å². The number of carbonyl (C=O) groups is 2. The van der Waals surface area contributed by atoms with E-state index in [-0.39, 0.29) is 24.8 Å². The molecule has 1 fully saturated rings. The van der Waals surface area contributed by atoms with E-state index in [9.17, 15) is 9.59 Å². The molecule has 2 N–H and O–H groups in total. The van der Waals surface area contributed by atoms with Crippen LogP contribution in [0.25, 0.3) is 0 Å². The molecule has 1 saturated heterocycles. The quantitative estimate of drug-likeness (QED) is 0.795. The van der Waals surface area contributed by atoms with E-state index in [4.69, 9.17) is 10.5 Å². The Hall–Kier alpha value is -1.88. The van der Waals surface area contributed by atoms with Crippen LogP contribution in [0.4, 0.5) is 0 Å². The maximum Gasteiger partial charge on any atom is 0.246 e. The van der Waals surface area contributed by atoms with Crippen LogP contribution in [-0.4, -0.2) is 29.4 Å². The molecule has 1 aromatic carbocycles. The van der Waals surface area contributed by atoms with Crippen LogP contribution in [0.15, 0.2) is 24.3 Å². The van der Waals surface area contributed by atoms with Gasteiger partial charge in [0.05, 0.1) is 25.6 Å². The average Bonchev–Trinajstić information content (AvgIpc) is 2.59. The van der Waals surface area contributed by atoms with Crippen molar-refractivity contribution in [2.45, 2.75) is 25.9 Å². The van der Waals surface area contributed by atoms with Crippen LogP contribution < -0.4 is 10.5 Å². The van der Waals surface area contributed by atoms with Crippen molar-refractivity contribution in [2.24, 2.45) is 5.73 Å². The van der Waals surface area contributed by atoms with Crippen LogP contribution in [0.3, 0.4) is 0 Å². The number of hydrogen-bond donors (Lipinski definition) is 1. The fourth-order valence-corrected chi connectivity index (χ4v) is 1.92.